The SMILES string of the molecule is CCCc1nnsc1C(NN)c1ccc(OC)cc1C. The molecule has 0 spiro atoms. The zero-order valence-electron chi connectivity index (χ0n) is 12.0. The lowest BCUT2D eigenvalue weighted by Crippen LogP contribution is -2.29. The van der Waals surface area contributed by atoms with Crippen LogP contribution >= 0.6 is 11.5 Å². The molecular formula is C14H20N4OS. The standard InChI is InChI=1S/C14H20N4OS/c1-4-5-12-14(20-18-17-12)13(16-15)11-7-6-10(19-3)8-9(11)2/h6-8,13,16H,4-5,15H2,1-3H3. The van der Waals surface area contributed by atoms with Gasteiger partial charge in [-0.2, -0.15) is 0 Å². The maximum absolute atomic E-state index is 5.77. The van der Waals surface area contributed by atoms with E-state index in [1.54, 1.807) is 7.11 Å². The molecule has 3 N–H and O–H groups in total. The topological polar surface area (TPSA) is 73.1 Å². The van der Waals surface area contributed by atoms with Crippen LogP contribution in [0, 0.1) is 6.92 Å². The largest absolute Gasteiger partial charge is 0.497 e. The van der Waals surface area contributed by atoms with Crippen LogP contribution in [0.25, 0.3) is 0 Å². The molecule has 6 heteroatoms. The number of rotatable bonds is 6. The minimum atomic E-state index is -0.0811. The number of hydrogen-bond donors (Lipinski definition) is 2. The van der Waals surface area contributed by atoms with Crippen molar-refractivity contribution in [3.05, 3.63) is 39.9 Å². The summed E-state index contributed by atoms with van der Waals surface area (Å²) in [5.74, 6) is 6.62. The van der Waals surface area contributed by atoms with Gasteiger partial charge in [0.05, 0.1) is 23.7 Å². The van der Waals surface area contributed by atoms with E-state index >= 15 is 0 Å². The molecule has 1 unspecified atom stereocenters. The molecule has 5 nitrogen and oxygen atoms in total. The number of nitrogens with one attached hydrogen (secondary N) is 1. The van der Waals surface area contributed by atoms with Gasteiger partial charge in [0, 0.05) is 0 Å². The maximum atomic E-state index is 5.77. The lowest BCUT2D eigenvalue weighted by molar-refractivity contribution is 0.414. The van der Waals surface area contributed by atoms with Crippen molar-refractivity contribution in [2.75, 3.05) is 7.11 Å². The summed E-state index contributed by atoms with van der Waals surface area (Å²) in [5.41, 5.74) is 6.16. The molecular weight excluding hydrogens is 272 g/mol. The summed E-state index contributed by atoms with van der Waals surface area (Å²) in [6, 6.07) is 5.91. The van der Waals surface area contributed by atoms with Gasteiger partial charge in [-0.15, -0.1) is 5.10 Å². The van der Waals surface area contributed by atoms with Crippen molar-refractivity contribution in [3.8, 4) is 5.75 Å². The zero-order valence-corrected chi connectivity index (χ0v) is 12.8. The van der Waals surface area contributed by atoms with E-state index in [0.29, 0.717) is 0 Å². The van der Waals surface area contributed by atoms with Crippen LogP contribution in [-0.4, -0.2) is 16.7 Å². The van der Waals surface area contributed by atoms with Gasteiger partial charge in [0.25, 0.3) is 0 Å². The molecule has 1 heterocycles. The van der Waals surface area contributed by atoms with Crippen molar-refractivity contribution in [2.24, 2.45) is 5.84 Å². The number of aryl methyl sites for hydroxylation is 2. The number of nitrogens with zero attached hydrogens (tertiary/aromatic N) is 2. The molecule has 0 saturated heterocycles. The molecule has 0 fully saturated rings. The monoisotopic (exact) mass is 292 g/mol. The Balaban J connectivity index is 2.39. The van der Waals surface area contributed by atoms with Crippen LogP contribution in [0.5, 0.6) is 5.75 Å². The number of hydrogen-bond acceptors (Lipinski definition) is 6. The van der Waals surface area contributed by atoms with E-state index in [1.807, 2.05) is 18.2 Å². The first kappa shape index (κ1) is 14.9. The van der Waals surface area contributed by atoms with Gasteiger partial charge >= 0.3 is 0 Å². The predicted octanol–water partition coefficient (Wildman–Crippen LogP) is 2.36. The van der Waals surface area contributed by atoms with Gasteiger partial charge in [-0.3, -0.25) is 5.84 Å². The fraction of sp³-hybridized carbons (Fsp3) is 0.429. The smallest absolute Gasteiger partial charge is 0.119 e. The Labute approximate surface area is 123 Å². The highest BCUT2D eigenvalue weighted by Crippen LogP contribution is 2.30. The van der Waals surface area contributed by atoms with E-state index in [2.05, 4.69) is 28.9 Å². The first-order chi connectivity index (χ1) is 9.71. The highest BCUT2D eigenvalue weighted by molar-refractivity contribution is 7.05. The third kappa shape index (κ3) is 2.98. The molecule has 0 saturated carbocycles. The Hall–Kier alpha value is -1.50. The fourth-order valence-corrected chi connectivity index (χ4v) is 3.03. The van der Waals surface area contributed by atoms with Crippen LogP contribution in [0.2, 0.25) is 0 Å². The summed E-state index contributed by atoms with van der Waals surface area (Å²) < 4.78 is 9.31. The second-order valence-electron chi connectivity index (χ2n) is 4.66. The third-order valence-electron chi connectivity index (χ3n) is 3.29. The molecule has 0 amide bonds. The summed E-state index contributed by atoms with van der Waals surface area (Å²) in [7, 11) is 1.67. The molecule has 1 atom stereocenters. The van der Waals surface area contributed by atoms with Crippen molar-refractivity contribution in [1.82, 2.24) is 15.0 Å². The molecule has 0 aliphatic carbocycles. The van der Waals surface area contributed by atoms with E-state index in [9.17, 15) is 0 Å². The number of benzene rings is 1. The molecule has 0 aliphatic rings. The van der Waals surface area contributed by atoms with Crippen molar-refractivity contribution < 1.29 is 4.74 Å². The van der Waals surface area contributed by atoms with Gasteiger partial charge in [-0.25, -0.2) is 5.43 Å². The van der Waals surface area contributed by atoms with Gasteiger partial charge in [0.15, 0.2) is 0 Å². The Kier molecular flexibility index (Phi) is 5.05. The van der Waals surface area contributed by atoms with E-state index in [0.717, 1.165) is 40.3 Å². The molecule has 108 valence electrons. The first-order valence-electron chi connectivity index (χ1n) is 6.63. The summed E-state index contributed by atoms with van der Waals surface area (Å²) in [4.78, 5) is 1.09. The highest BCUT2D eigenvalue weighted by Gasteiger charge is 2.21. The molecule has 0 bridgehead atoms. The van der Waals surface area contributed by atoms with Crippen LogP contribution in [0.15, 0.2) is 18.2 Å². The van der Waals surface area contributed by atoms with Crippen LogP contribution in [0.4, 0.5) is 0 Å². The first-order valence-corrected chi connectivity index (χ1v) is 7.40. The second-order valence-corrected chi connectivity index (χ2v) is 5.44. The highest BCUT2D eigenvalue weighted by atomic mass is 32.1. The van der Waals surface area contributed by atoms with E-state index < -0.39 is 0 Å². The van der Waals surface area contributed by atoms with Gasteiger partial charge in [0.2, 0.25) is 0 Å². The molecule has 1 aromatic carbocycles. The van der Waals surface area contributed by atoms with Crippen LogP contribution in [0.1, 0.15) is 41.1 Å². The Bertz CT molecular complexity index is 570. The van der Waals surface area contributed by atoms with Gasteiger partial charge in [0.1, 0.15) is 5.75 Å². The quantitative estimate of drug-likeness (QED) is 0.631. The lowest BCUT2D eigenvalue weighted by Gasteiger charge is -2.18. The number of hydrazine groups is 1. The predicted molar refractivity (Wildman–Crippen MR) is 80.8 cm³/mol. The molecule has 2 aromatic rings. The van der Waals surface area contributed by atoms with Crippen molar-refractivity contribution in [3.63, 3.8) is 0 Å². The molecule has 0 aliphatic heterocycles. The number of nitrogens with two attached hydrogens (primary N) is 1. The van der Waals surface area contributed by atoms with E-state index in [4.69, 9.17) is 10.6 Å². The number of ether oxygens (including phenoxy) is 1. The van der Waals surface area contributed by atoms with Gasteiger partial charge in [-0.05, 0) is 48.1 Å². The second kappa shape index (κ2) is 6.78. The minimum Gasteiger partial charge on any atom is -0.497 e. The van der Waals surface area contributed by atoms with Crippen LogP contribution in [-0.2, 0) is 6.42 Å². The number of methoxy groups -OCH3 is 1. The summed E-state index contributed by atoms with van der Waals surface area (Å²) >= 11 is 1.40. The van der Waals surface area contributed by atoms with E-state index in [1.165, 1.54) is 11.5 Å². The van der Waals surface area contributed by atoms with Gasteiger partial charge in [-0.1, -0.05) is 23.9 Å². The maximum Gasteiger partial charge on any atom is 0.119 e. The van der Waals surface area contributed by atoms with Crippen LogP contribution < -0.4 is 16.0 Å². The van der Waals surface area contributed by atoms with E-state index in [-0.39, 0.29) is 6.04 Å². The average molecular weight is 292 g/mol. The van der Waals surface area contributed by atoms with Gasteiger partial charge < -0.3 is 4.74 Å². The normalized spacial score (nSPS) is 12.4. The molecule has 0 radical (unpaired) electrons. The average Bonchev–Trinajstić information content (AvgIpc) is 2.90. The molecule has 20 heavy (non-hydrogen) atoms. The summed E-state index contributed by atoms with van der Waals surface area (Å²) in [6.07, 6.45) is 1.95. The molecule has 2 rings (SSSR count). The summed E-state index contributed by atoms with van der Waals surface area (Å²) in [6.45, 7) is 4.18. The Morgan fingerprint density at radius 2 is 2.25 bits per heavy atom. The summed E-state index contributed by atoms with van der Waals surface area (Å²) in [5, 5.41) is 4.21. The molecule has 1 aromatic heterocycles. The Morgan fingerprint density at radius 1 is 1.45 bits per heavy atom. The zero-order chi connectivity index (χ0) is 14.5. The number of aromatic nitrogens is 2. The Morgan fingerprint density at radius 3 is 2.85 bits per heavy atom. The van der Waals surface area contributed by atoms with Crippen molar-refractivity contribution >= 4 is 11.5 Å². The van der Waals surface area contributed by atoms with Crippen molar-refractivity contribution in [1.29, 1.82) is 0 Å². The third-order valence-corrected chi connectivity index (χ3v) is 4.12. The van der Waals surface area contributed by atoms with Crippen molar-refractivity contribution in [2.45, 2.75) is 32.7 Å². The minimum absolute atomic E-state index is 0.0811. The fourth-order valence-electron chi connectivity index (χ4n) is 2.25. The van der Waals surface area contributed by atoms with Crippen LogP contribution in [0.3, 0.4) is 0 Å². The lowest BCUT2D eigenvalue weighted by atomic mass is 9.98.